The summed E-state index contributed by atoms with van der Waals surface area (Å²) in [5.74, 6) is 0.907. The predicted molar refractivity (Wildman–Crippen MR) is 90.2 cm³/mol. The fraction of sp³-hybridized carbons (Fsp3) is 0.647. The summed E-state index contributed by atoms with van der Waals surface area (Å²) in [5, 5.41) is 21.2. The average molecular weight is 323 g/mol. The number of nitro groups is 1. The van der Waals surface area contributed by atoms with E-state index in [-0.39, 0.29) is 21.4 Å². The minimum atomic E-state index is -0.619. The Morgan fingerprint density at radius 2 is 1.73 bits per heavy atom. The van der Waals surface area contributed by atoms with E-state index in [1.165, 1.54) is 0 Å². The van der Waals surface area contributed by atoms with Crippen molar-refractivity contribution >= 4 is 17.4 Å². The number of nitro benzene ring substituents is 1. The molecule has 1 saturated carbocycles. The van der Waals surface area contributed by atoms with Crippen LogP contribution in [0.4, 0.5) is 5.69 Å². The van der Waals surface area contributed by atoms with E-state index in [4.69, 9.17) is 0 Å². The van der Waals surface area contributed by atoms with Gasteiger partial charge in [-0.25, -0.2) is 0 Å². The third-order valence-corrected chi connectivity index (χ3v) is 5.65. The van der Waals surface area contributed by atoms with Crippen molar-refractivity contribution in [2.75, 3.05) is 5.75 Å². The van der Waals surface area contributed by atoms with Gasteiger partial charge in [-0.3, -0.25) is 10.1 Å². The highest BCUT2D eigenvalue weighted by atomic mass is 32.2. The number of rotatable bonds is 4. The maximum atomic E-state index is 10.7. The lowest BCUT2D eigenvalue weighted by atomic mass is 9.60. The molecule has 1 aliphatic carbocycles. The van der Waals surface area contributed by atoms with Gasteiger partial charge in [0.1, 0.15) is 0 Å². The number of benzene rings is 1. The summed E-state index contributed by atoms with van der Waals surface area (Å²) in [6, 6.07) is 6.70. The summed E-state index contributed by atoms with van der Waals surface area (Å²) in [4.78, 5) is 11.3. The van der Waals surface area contributed by atoms with Crippen molar-refractivity contribution in [3.63, 3.8) is 0 Å². The van der Waals surface area contributed by atoms with Gasteiger partial charge in [-0.15, -0.1) is 11.8 Å². The lowest BCUT2D eigenvalue weighted by Crippen LogP contribution is -2.46. The number of non-ortho nitro benzene ring substituents is 1. The summed E-state index contributed by atoms with van der Waals surface area (Å²) >= 11 is 1.71. The summed E-state index contributed by atoms with van der Waals surface area (Å²) in [7, 11) is 0. The monoisotopic (exact) mass is 323 g/mol. The Morgan fingerprint density at radius 1 is 1.14 bits per heavy atom. The first-order valence-corrected chi connectivity index (χ1v) is 8.59. The maximum Gasteiger partial charge on any atom is 0.269 e. The van der Waals surface area contributed by atoms with Crippen LogP contribution in [-0.4, -0.2) is 21.4 Å². The fourth-order valence-electron chi connectivity index (χ4n) is 4.32. The van der Waals surface area contributed by atoms with Gasteiger partial charge >= 0.3 is 0 Å². The van der Waals surface area contributed by atoms with Crippen molar-refractivity contribution < 1.29 is 10.0 Å². The molecule has 22 heavy (non-hydrogen) atoms. The molecule has 0 spiro atoms. The number of hydrogen-bond donors (Lipinski definition) is 1. The van der Waals surface area contributed by atoms with Crippen molar-refractivity contribution in [3.05, 3.63) is 34.4 Å². The molecule has 0 aromatic heterocycles. The number of hydrogen-bond acceptors (Lipinski definition) is 4. The van der Waals surface area contributed by atoms with Crippen molar-refractivity contribution in [3.8, 4) is 0 Å². The van der Waals surface area contributed by atoms with Crippen molar-refractivity contribution in [1.82, 2.24) is 0 Å². The van der Waals surface area contributed by atoms with Gasteiger partial charge in [-0.1, -0.05) is 20.8 Å². The largest absolute Gasteiger partial charge is 0.390 e. The van der Waals surface area contributed by atoms with Gasteiger partial charge in [0, 0.05) is 22.8 Å². The molecule has 0 amide bonds. The molecule has 1 N–H and O–H groups in total. The van der Waals surface area contributed by atoms with E-state index in [2.05, 4.69) is 20.8 Å². The lowest BCUT2D eigenvalue weighted by molar-refractivity contribution is -0.384. The second kappa shape index (κ2) is 5.85. The van der Waals surface area contributed by atoms with Gasteiger partial charge in [-0.2, -0.15) is 0 Å². The molecular weight excluding hydrogens is 298 g/mol. The van der Waals surface area contributed by atoms with Crippen molar-refractivity contribution in [2.24, 2.45) is 10.8 Å². The van der Waals surface area contributed by atoms with Gasteiger partial charge in [0.2, 0.25) is 0 Å². The first-order chi connectivity index (χ1) is 10.0. The Hall–Kier alpha value is -1.07. The SMILES string of the molecule is CC1(C)C[C@](C)(O)C[C@](C)(CSc2ccc([N+](=O)[O-])cc2)C1. The van der Waals surface area contributed by atoms with Crippen molar-refractivity contribution in [2.45, 2.75) is 57.5 Å². The average Bonchev–Trinajstić information content (AvgIpc) is 2.32. The zero-order chi connectivity index (χ0) is 16.6. The zero-order valence-electron chi connectivity index (χ0n) is 13.8. The second-order valence-electron chi connectivity index (χ2n) is 8.04. The van der Waals surface area contributed by atoms with E-state index in [1.807, 2.05) is 6.92 Å². The molecule has 0 heterocycles. The Labute approximate surface area is 136 Å². The molecule has 0 unspecified atom stereocenters. The fourth-order valence-corrected chi connectivity index (χ4v) is 5.36. The summed E-state index contributed by atoms with van der Waals surface area (Å²) in [5.41, 5.74) is -0.297. The molecule has 0 bridgehead atoms. The van der Waals surface area contributed by atoms with E-state index in [9.17, 15) is 15.2 Å². The first-order valence-electron chi connectivity index (χ1n) is 7.60. The van der Waals surface area contributed by atoms with Crippen LogP contribution in [0.5, 0.6) is 0 Å². The van der Waals surface area contributed by atoms with Crippen LogP contribution in [0.2, 0.25) is 0 Å². The number of aliphatic hydroxyl groups is 1. The standard InChI is InChI=1S/C17H25NO3S/c1-15(2)9-16(3,11-17(4,19)10-15)12-22-14-7-5-13(6-8-14)18(20)21/h5-8,19H,9-12H2,1-4H3/t16-,17+/m1/s1. The maximum absolute atomic E-state index is 10.7. The van der Waals surface area contributed by atoms with Crippen LogP contribution in [0.15, 0.2) is 29.2 Å². The molecule has 0 aliphatic heterocycles. The van der Waals surface area contributed by atoms with Crippen LogP contribution in [0, 0.1) is 20.9 Å². The van der Waals surface area contributed by atoms with E-state index < -0.39 is 5.60 Å². The Balaban J connectivity index is 2.04. The molecule has 0 radical (unpaired) electrons. The predicted octanol–water partition coefficient (Wildman–Crippen LogP) is 4.65. The molecular formula is C17H25NO3S. The van der Waals surface area contributed by atoms with Gasteiger partial charge < -0.3 is 5.11 Å². The third kappa shape index (κ3) is 4.46. The highest BCUT2D eigenvalue weighted by Crippen LogP contribution is 2.51. The molecule has 2 rings (SSSR count). The quantitative estimate of drug-likeness (QED) is 0.497. The molecule has 5 heteroatoms. The smallest absolute Gasteiger partial charge is 0.269 e. The molecule has 0 saturated heterocycles. The van der Waals surface area contributed by atoms with Gasteiger partial charge in [-0.05, 0) is 49.1 Å². The van der Waals surface area contributed by atoms with Gasteiger partial charge in [0.25, 0.3) is 5.69 Å². The summed E-state index contributed by atoms with van der Waals surface area (Å²) < 4.78 is 0. The van der Waals surface area contributed by atoms with Crippen LogP contribution in [0.1, 0.15) is 47.0 Å². The normalized spacial score (nSPS) is 31.0. The summed E-state index contributed by atoms with van der Waals surface area (Å²) in [6.07, 6.45) is 2.71. The van der Waals surface area contributed by atoms with Crippen LogP contribution in [0.25, 0.3) is 0 Å². The molecule has 4 nitrogen and oxygen atoms in total. The Kier molecular flexibility index (Phi) is 4.60. The summed E-state index contributed by atoms with van der Waals surface area (Å²) in [6.45, 7) is 8.61. The zero-order valence-corrected chi connectivity index (χ0v) is 14.6. The molecule has 1 aromatic rings. The van der Waals surface area contributed by atoms with Crippen LogP contribution in [-0.2, 0) is 0 Å². The first kappa shape index (κ1) is 17.3. The molecule has 1 aliphatic rings. The van der Waals surface area contributed by atoms with E-state index >= 15 is 0 Å². The lowest BCUT2D eigenvalue weighted by Gasteiger charge is -2.49. The number of thioether (sulfide) groups is 1. The van der Waals surface area contributed by atoms with E-state index in [0.29, 0.717) is 0 Å². The minimum Gasteiger partial charge on any atom is -0.390 e. The van der Waals surface area contributed by atoms with Crippen LogP contribution >= 0.6 is 11.8 Å². The topological polar surface area (TPSA) is 63.4 Å². The van der Waals surface area contributed by atoms with Crippen molar-refractivity contribution in [1.29, 1.82) is 0 Å². The van der Waals surface area contributed by atoms with Gasteiger partial charge in [0.05, 0.1) is 10.5 Å². The minimum absolute atomic E-state index is 0.0672. The molecule has 1 fully saturated rings. The Morgan fingerprint density at radius 3 is 2.23 bits per heavy atom. The second-order valence-corrected chi connectivity index (χ2v) is 9.09. The van der Waals surface area contributed by atoms with Crippen LogP contribution in [0.3, 0.4) is 0 Å². The molecule has 122 valence electrons. The van der Waals surface area contributed by atoms with E-state index in [1.54, 1.807) is 36.0 Å². The molecule has 1 aromatic carbocycles. The highest BCUT2D eigenvalue weighted by Gasteiger charge is 2.45. The Bertz CT molecular complexity index is 536. The molecule has 2 atom stereocenters. The number of nitrogens with zero attached hydrogens (tertiary/aromatic N) is 1. The van der Waals surface area contributed by atoms with Crippen LogP contribution < -0.4 is 0 Å². The third-order valence-electron chi connectivity index (χ3n) is 4.21. The van der Waals surface area contributed by atoms with Gasteiger partial charge in [0.15, 0.2) is 0 Å². The highest BCUT2D eigenvalue weighted by molar-refractivity contribution is 7.99. The van der Waals surface area contributed by atoms with E-state index in [0.717, 1.165) is 29.9 Å².